The molecule has 0 amide bonds. The zero-order valence-electron chi connectivity index (χ0n) is 15.8. The number of hydrogen-bond acceptors (Lipinski definition) is 4. The molecule has 1 aromatic carbocycles. The van der Waals surface area contributed by atoms with Gasteiger partial charge in [-0.1, -0.05) is 45.4 Å². The van der Waals surface area contributed by atoms with Crippen molar-refractivity contribution in [3.8, 4) is 17.2 Å². The molecule has 4 nitrogen and oxygen atoms in total. The lowest BCUT2D eigenvalue weighted by molar-refractivity contribution is -0.275. The van der Waals surface area contributed by atoms with E-state index in [1.165, 1.54) is 6.07 Å². The quantitative estimate of drug-likeness (QED) is 0.387. The number of hydrogen-bond donors (Lipinski definition) is 1. The number of halogens is 3. The van der Waals surface area contributed by atoms with Crippen LogP contribution < -0.4 is 9.47 Å². The first-order chi connectivity index (χ1) is 12.8. The maximum atomic E-state index is 12.2. The number of benzene rings is 1. The number of unbranched alkanes of at least 4 members (excludes halogenated alkanes) is 7. The van der Waals surface area contributed by atoms with Crippen molar-refractivity contribution in [2.24, 2.45) is 0 Å². The van der Waals surface area contributed by atoms with Gasteiger partial charge in [0, 0.05) is 18.9 Å². The van der Waals surface area contributed by atoms with Crippen molar-refractivity contribution in [2.45, 2.75) is 77.5 Å². The van der Waals surface area contributed by atoms with Gasteiger partial charge in [-0.3, -0.25) is 4.79 Å². The molecule has 7 heteroatoms. The van der Waals surface area contributed by atoms with Crippen LogP contribution in [0.15, 0.2) is 18.2 Å². The van der Waals surface area contributed by atoms with Crippen molar-refractivity contribution in [3.63, 3.8) is 0 Å². The first kappa shape index (κ1) is 23.1. The van der Waals surface area contributed by atoms with Gasteiger partial charge in [0.1, 0.15) is 11.5 Å². The van der Waals surface area contributed by atoms with Gasteiger partial charge in [0.25, 0.3) is 0 Å². The molecule has 0 aliphatic heterocycles. The standard InChI is InChI=1S/C20H29F3O4/c1-2-16(24)11-9-7-5-3-4-6-8-10-14-26-17-12-13-18(25)19(15-17)27-20(21,22)23/h12-13,15,25H,2-11,14H2,1H3. The van der Waals surface area contributed by atoms with Crippen molar-refractivity contribution < 1.29 is 32.5 Å². The number of rotatable bonds is 14. The second-order valence-corrected chi connectivity index (χ2v) is 6.50. The third-order valence-electron chi connectivity index (χ3n) is 4.17. The van der Waals surface area contributed by atoms with Crippen LogP contribution in [0.25, 0.3) is 0 Å². The number of carbonyl (C=O) groups is 1. The molecule has 0 aliphatic carbocycles. The fourth-order valence-electron chi connectivity index (χ4n) is 2.64. The Hall–Kier alpha value is -1.92. The molecule has 0 radical (unpaired) electrons. The number of alkyl halides is 3. The lowest BCUT2D eigenvalue weighted by atomic mass is 10.1. The van der Waals surface area contributed by atoms with Crippen LogP contribution in [0.2, 0.25) is 0 Å². The van der Waals surface area contributed by atoms with Crippen molar-refractivity contribution in [1.82, 2.24) is 0 Å². The van der Waals surface area contributed by atoms with Gasteiger partial charge in [-0.2, -0.15) is 0 Å². The molecule has 1 N–H and O–H groups in total. The van der Waals surface area contributed by atoms with E-state index in [1.54, 1.807) is 0 Å². The van der Waals surface area contributed by atoms with E-state index in [9.17, 15) is 23.1 Å². The van der Waals surface area contributed by atoms with Crippen LogP contribution in [-0.4, -0.2) is 23.9 Å². The van der Waals surface area contributed by atoms with Crippen LogP contribution in [0.1, 0.15) is 71.1 Å². The van der Waals surface area contributed by atoms with Crippen LogP contribution in [0.5, 0.6) is 17.2 Å². The number of Topliss-reactive ketones (excluding diaryl/α,β-unsaturated/α-hetero) is 1. The van der Waals surface area contributed by atoms with Crippen LogP contribution in [-0.2, 0) is 4.79 Å². The predicted molar refractivity (Wildman–Crippen MR) is 97.1 cm³/mol. The fraction of sp³-hybridized carbons (Fsp3) is 0.650. The van der Waals surface area contributed by atoms with Crippen molar-refractivity contribution in [3.05, 3.63) is 18.2 Å². The van der Waals surface area contributed by atoms with E-state index in [2.05, 4.69) is 4.74 Å². The third kappa shape index (κ3) is 11.4. The van der Waals surface area contributed by atoms with Gasteiger partial charge in [-0.25, -0.2) is 0 Å². The molecule has 1 aromatic rings. The van der Waals surface area contributed by atoms with E-state index in [0.29, 0.717) is 25.2 Å². The van der Waals surface area contributed by atoms with E-state index in [4.69, 9.17) is 4.74 Å². The van der Waals surface area contributed by atoms with Crippen LogP contribution >= 0.6 is 0 Å². The highest BCUT2D eigenvalue weighted by Gasteiger charge is 2.32. The second kappa shape index (κ2) is 12.5. The molecule has 27 heavy (non-hydrogen) atoms. The van der Waals surface area contributed by atoms with Crippen molar-refractivity contribution in [2.75, 3.05) is 6.61 Å². The highest BCUT2D eigenvalue weighted by Crippen LogP contribution is 2.34. The fourth-order valence-corrected chi connectivity index (χ4v) is 2.64. The number of phenols is 1. The smallest absolute Gasteiger partial charge is 0.504 e. The van der Waals surface area contributed by atoms with Gasteiger partial charge in [0.15, 0.2) is 11.5 Å². The van der Waals surface area contributed by atoms with E-state index in [-0.39, 0.29) is 5.75 Å². The summed E-state index contributed by atoms with van der Waals surface area (Å²) >= 11 is 0. The predicted octanol–water partition coefficient (Wildman–Crippen LogP) is 6.16. The minimum atomic E-state index is -4.86. The average Bonchev–Trinajstić information content (AvgIpc) is 2.60. The Morgan fingerprint density at radius 1 is 1.00 bits per heavy atom. The average molecular weight is 390 g/mol. The molecule has 0 saturated heterocycles. The molecule has 154 valence electrons. The lowest BCUT2D eigenvalue weighted by Gasteiger charge is -2.12. The Bertz CT molecular complexity index is 559. The number of carbonyl (C=O) groups excluding carboxylic acids is 1. The van der Waals surface area contributed by atoms with E-state index in [1.807, 2.05) is 6.92 Å². The zero-order valence-corrected chi connectivity index (χ0v) is 15.8. The van der Waals surface area contributed by atoms with Crippen LogP contribution in [0, 0.1) is 0 Å². The molecular formula is C20H29F3O4. The summed E-state index contributed by atoms with van der Waals surface area (Å²) in [5.41, 5.74) is 0. The molecule has 0 bridgehead atoms. The molecule has 0 saturated carbocycles. The zero-order chi connectivity index (χ0) is 20.1. The molecule has 0 aromatic heterocycles. The summed E-state index contributed by atoms with van der Waals surface area (Å²) in [6, 6.07) is 3.55. The largest absolute Gasteiger partial charge is 0.573 e. The molecule has 0 spiro atoms. The van der Waals surface area contributed by atoms with Crippen molar-refractivity contribution in [1.29, 1.82) is 0 Å². The van der Waals surface area contributed by atoms with Gasteiger partial charge in [0.05, 0.1) is 6.61 Å². The number of ketones is 1. The Morgan fingerprint density at radius 3 is 2.19 bits per heavy atom. The minimum Gasteiger partial charge on any atom is -0.504 e. The summed E-state index contributed by atoms with van der Waals surface area (Å²) in [6.45, 7) is 2.29. The van der Waals surface area contributed by atoms with Gasteiger partial charge in [0.2, 0.25) is 0 Å². The van der Waals surface area contributed by atoms with E-state index in [0.717, 1.165) is 63.5 Å². The summed E-state index contributed by atoms with van der Waals surface area (Å²) in [5, 5.41) is 9.39. The molecule has 0 unspecified atom stereocenters. The van der Waals surface area contributed by atoms with E-state index < -0.39 is 17.9 Å². The molecule has 0 aliphatic rings. The Kier molecular flexibility index (Phi) is 10.7. The Morgan fingerprint density at radius 2 is 1.59 bits per heavy atom. The lowest BCUT2D eigenvalue weighted by Crippen LogP contribution is -2.17. The highest BCUT2D eigenvalue weighted by molar-refractivity contribution is 5.77. The Labute approximate surface area is 158 Å². The minimum absolute atomic E-state index is 0.230. The summed E-state index contributed by atoms with van der Waals surface area (Å²) < 4.78 is 45.9. The maximum absolute atomic E-state index is 12.2. The maximum Gasteiger partial charge on any atom is 0.573 e. The van der Waals surface area contributed by atoms with Gasteiger partial charge < -0.3 is 14.6 Å². The topological polar surface area (TPSA) is 55.8 Å². The molecule has 1 rings (SSSR count). The summed E-state index contributed by atoms with van der Waals surface area (Å²) in [4.78, 5) is 11.2. The monoisotopic (exact) mass is 390 g/mol. The SMILES string of the molecule is CCC(=O)CCCCCCCCCCOc1ccc(O)c(OC(F)(F)F)c1. The molecule has 0 atom stereocenters. The van der Waals surface area contributed by atoms with E-state index >= 15 is 0 Å². The van der Waals surface area contributed by atoms with Crippen molar-refractivity contribution >= 4 is 5.78 Å². The van der Waals surface area contributed by atoms with Gasteiger partial charge >= 0.3 is 6.36 Å². The second-order valence-electron chi connectivity index (χ2n) is 6.50. The molecule has 0 fully saturated rings. The van der Waals surface area contributed by atoms with Crippen LogP contribution in [0.3, 0.4) is 0 Å². The number of ether oxygens (including phenoxy) is 2. The first-order valence-electron chi connectivity index (χ1n) is 9.55. The third-order valence-corrected chi connectivity index (χ3v) is 4.17. The highest BCUT2D eigenvalue weighted by atomic mass is 19.4. The van der Waals surface area contributed by atoms with Crippen LogP contribution in [0.4, 0.5) is 13.2 Å². The Balaban J connectivity index is 2.08. The summed E-state index contributed by atoms with van der Waals surface area (Å²) in [7, 11) is 0. The van der Waals surface area contributed by atoms with Gasteiger partial charge in [-0.05, 0) is 25.0 Å². The molecular weight excluding hydrogens is 361 g/mol. The summed E-state index contributed by atoms with van der Waals surface area (Å²) in [5.74, 6) is -0.686. The first-order valence-corrected chi connectivity index (χ1v) is 9.55. The normalized spacial score (nSPS) is 11.4. The molecule has 0 heterocycles. The van der Waals surface area contributed by atoms with Gasteiger partial charge in [-0.15, -0.1) is 13.2 Å². The number of aromatic hydroxyl groups is 1. The summed E-state index contributed by atoms with van der Waals surface area (Å²) in [6.07, 6.45) is 4.83. The number of phenolic OH excluding ortho intramolecular Hbond substituents is 1.